The minimum absolute atomic E-state index is 0.262. The zero-order chi connectivity index (χ0) is 15.5. The minimum atomic E-state index is -0.939. The summed E-state index contributed by atoms with van der Waals surface area (Å²) < 4.78 is 0. The maximum absolute atomic E-state index is 10.8. The van der Waals surface area contributed by atoms with E-state index in [1.807, 2.05) is 13.8 Å². The predicted molar refractivity (Wildman–Crippen MR) is 75.6 cm³/mol. The van der Waals surface area contributed by atoms with E-state index in [1.165, 1.54) is 4.80 Å². The Labute approximate surface area is 122 Å². The van der Waals surface area contributed by atoms with Gasteiger partial charge in [0.2, 0.25) is 0 Å². The van der Waals surface area contributed by atoms with Crippen LogP contribution in [0.3, 0.4) is 0 Å². The van der Waals surface area contributed by atoms with Crippen molar-refractivity contribution >= 4 is 5.97 Å². The molecule has 0 saturated heterocycles. The Balaban J connectivity index is 2.06. The molecule has 0 unspecified atom stereocenters. The van der Waals surface area contributed by atoms with Crippen molar-refractivity contribution < 1.29 is 9.90 Å². The van der Waals surface area contributed by atoms with Gasteiger partial charge in [-0.25, -0.2) is 4.79 Å². The lowest BCUT2D eigenvalue weighted by molar-refractivity contribution is 0.0697. The van der Waals surface area contributed by atoms with Crippen molar-refractivity contribution in [2.24, 2.45) is 5.41 Å². The van der Waals surface area contributed by atoms with Gasteiger partial charge in [-0.3, -0.25) is 0 Å². The molecule has 0 saturated carbocycles. The van der Waals surface area contributed by atoms with Crippen LogP contribution in [0.4, 0.5) is 0 Å². The van der Waals surface area contributed by atoms with E-state index >= 15 is 0 Å². The van der Waals surface area contributed by atoms with Crippen LogP contribution >= 0.6 is 0 Å². The van der Waals surface area contributed by atoms with Gasteiger partial charge in [0.1, 0.15) is 0 Å². The second kappa shape index (κ2) is 5.75. The molecule has 21 heavy (non-hydrogen) atoms. The van der Waals surface area contributed by atoms with E-state index in [-0.39, 0.29) is 5.56 Å². The molecule has 6 heteroatoms. The summed E-state index contributed by atoms with van der Waals surface area (Å²) in [4.78, 5) is 12.3. The summed E-state index contributed by atoms with van der Waals surface area (Å²) in [5.41, 5.74) is 1.50. The van der Waals surface area contributed by atoms with E-state index in [0.717, 1.165) is 11.3 Å². The third-order valence-electron chi connectivity index (χ3n) is 3.01. The average Bonchev–Trinajstić information content (AvgIpc) is 2.86. The number of aromatic nitrogens is 3. The maximum atomic E-state index is 10.8. The lowest BCUT2D eigenvalue weighted by Gasteiger charge is -2.13. The molecule has 0 amide bonds. The highest BCUT2D eigenvalue weighted by atomic mass is 16.4. The fraction of sp³-hybridized carbons (Fsp3) is 0.333. The predicted octanol–water partition coefficient (Wildman–Crippen LogP) is 2.12. The van der Waals surface area contributed by atoms with Crippen molar-refractivity contribution in [3.05, 3.63) is 47.3 Å². The number of hydrogen-bond acceptors (Lipinski definition) is 4. The number of nitriles is 1. The molecule has 108 valence electrons. The molecule has 0 aliphatic rings. The summed E-state index contributed by atoms with van der Waals surface area (Å²) in [5.74, 6) is -0.939. The third kappa shape index (κ3) is 3.89. The van der Waals surface area contributed by atoms with Crippen LogP contribution in [0.25, 0.3) is 0 Å². The largest absolute Gasteiger partial charge is 0.478 e. The molecule has 1 heterocycles. The second-order valence-corrected chi connectivity index (χ2v) is 5.54. The summed E-state index contributed by atoms with van der Waals surface area (Å²) in [7, 11) is 0. The van der Waals surface area contributed by atoms with Crippen LogP contribution in [0.2, 0.25) is 0 Å². The number of carbonyl (C=O) groups is 1. The number of carboxylic acid groups (broad SMARTS) is 1. The molecule has 6 nitrogen and oxygen atoms in total. The molecule has 0 aliphatic heterocycles. The van der Waals surface area contributed by atoms with Crippen molar-refractivity contribution in [3.8, 4) is 6.07 Å². The van der Waals surface area contributed by atoms with E-state index < -0.39 is 11.4 Å². The zero-order valence-corrected chi connectivity index (χ0v) is 11.9. The fourth-order valence-corrected chi connectivity index (χ4v) is 1.85. The van der Waals surface area contributed by atoms with Crippen LogP contribution < -0.4 is 0 Å². The standard InChI is InChI=1S/C15H16N4O2/c1-15(2,9-16)10-19-17-8-13(18-19)7-11-3-5-12(6-4-11)14(20)21/h3-6,8H,7,10H2,1-2H3,(H,20,21). The number of nitrogens with zero attached hydrogens (tertiary/aromatic N) is 4. The molecule has 1 aromatic heterocycles. The highest BCUT2D eigenvalue weighted by Gasteiger charge is 2.18. The summed E-state index contributed by atoms with van der Waals surface area (Å²) >= 11 is 0. The quantitative estimate of drug-likeness (QED) is 0.907. The van der Waals surface area contributed by atoms with Crippen LogP contribution in [0.1, 0.15) is 35.5 Å². The smallest absolute Gasteiger partial charge is 0.335 e. The lowest BCUT2D eigenvalue weighted by atomic mass is 9.96. The van der Waals surface area contributed by atoms with Crippen molar-refractivity contribution in [3.63, 3.8) is 0 Å². The lowest BCUT2D eigenvalue weighted by Crippen LogP contribution is -2.19. The summed E-state index contributed by atoms with van der Waals surface area (Å²) in [5, 5.41) is 26.3. The molecule has 0 atom stereocenters. The number of benzene rings is 1. The van der Waals surface area contributed by atoms with Gasteiger partial charge in [0.25, 0.3) is 0 Å². The van der Waals surface area contributed by atoms with E-state index in [4.69, 9.17) is 10.4 Å². The number of hydrogen-bond donors (Lipinski definition) is 1. The average molecular weight is 284 g/mol. The molecule has 0 bridgehead atoms. The molecular weight excluding hydrogens is 268 g/mol. The molecule has 2 aromatic rings. The maximum Gasteiger partial charge on any atom is 0.335 e. The number of rotatable bonds is 5. The topological polar surface area (TPSA) is 91.8 Å². The zero-order valence-electron chi connectivity index (χ0n) is 11.9. The van der Waals surface area contributed by atoms with Gasteiger partial charge >= 0.3 is 5.97 Å². The Morgan fingerprint density at radius 3 is 2.62 bits per heavy atom. The van der Waals surface area contributed by atoms with Gasteiger partial charge in [0.15, 0.2) is 0 Å². The van der Waals surface area contributed by atoms with Crippen LogP contribution in [0, 0.1) is 16.7 Å². The van der Waals surface area contributed by atoms with Crippen LogP contribution in [-0.2, 0) is 13.0 Å². The normalized spacial score (nSPS) is 11.1. The molecule has 2 rings (SSSR count). The molecule has 0 fully saturated rings. The molecule has 0 aliphatic carbocycles. The van der Waals surface area contributed by atoms with Crippen molar-refractivity contribution in [1.82, 2.24) is 15.0 Å². The van der Waals surface area contributed by atoms with E-state index in [2.05, 4.69) is 16.3 Å². The van der Waals surface area contributed by atoms with Crippen molar-refractivity contribution in [2.45, 2.75) is 26.8 Å². The Bertz CT molecular complexity index is 680. The van der Waals surface area contributed by atoms with Gasteiger partial charge in [0.05, 0.1) is 35.5 Å². The van der Waals surface area contributed by atoms with E-state index in [9.17, 15) is 4.79 Å². The van der Waals surface area contributed by atoms with E-state index in [0.29, 0.717) is 13.0 Å². The van der Waals surface area contributed by atoms with Gasteiger partial charge < -0.3 is 5.11 Å². The first-order valence-electron chi connectivity index (χ1n) is 6.52. The monoisotopic (exact) mass is 284 g/mol. The first-order valence-corrected chi connectivity index (χ1v) is 6.52. The van der Waals surface area contributed by atoms with Crippen molar-refractivity contribution in [2.75, 3.05) is 0 Å². The first kappa shape index (κ1) is 14.7. The van der Waals surface area contributed by atoms with Gasteiger partial charge in [-0.2, -0.15) is 20.3 Å². The number of carboxylic acids is 1. The highest BCUT2D eigenvalue weighted by molar-refractivity contribution is 5.87. The molecule has 1 aromatic carbocycles. The van der Waals surface area contributed by atoms with Crippen molar-refractivity contribution in [1.29, 1.82) is 5.26 Å². The third-order valence-corrected chi connectivity index (χ3v) is 3.01. The summed E-state index contributed by atoms with van der Waals surface area (Å²) in [6.07, 6.45) is 2.24. The molecule has 0 spiro atoms. The van der Waals surface area contributed by atoms with Crippen LogP contribution in [-0.4, -0.2) is 26.1 Å². The number of aromatic carboxylic acids is 1. The van der Waals surface area contributed by atoms with Crippen LogP contribution in [0.5, 0.6) is 0 Å². The summed E-state index contributed by atoms with van der Waals surface area (Å²) in [6.45, 7) is 4.10. The Kier molecular flexibility index (Phi) is 4.03. The Morgan fingerprint density at radius 1 is 1.38 bits per heavy atom. The Morgan fingerprint density at radius 2 is 2.05 bits per heavy atom. The van der Waals surface area contributed by atoms with Gasteiger partial charge in [-0.1, -0.05) is 12.1 Å². The van der Waals surface area contributed by atoms with E-state index in [1.54, 1.807) is 30.5 Å². The molecular formula is C15H16N4O2. The fourth-order valence-electron chi connectivity index (χ4n) is 1.85. The van der Waals surface area contributed by atoms with Crippen LogP contribution in [0.15, 0.2) is 30.5 Å². The van der Waals surface area contributed by atoms with Gasteiger partial charge in [-0.15, -0.1) is 0 Å². The first-order chi connectivity index (χ1) is 9.89. The molecule has 0 radical (unpaired) electrons. The summed E-state index contributed by atoms with van der Waals surface area (Å²) in [6, 6.07) is 8.88. The highest BCUT2D eigenvalue weighted by Crippen LogP contribution is 2.15. The minimum Gasteiger partial charge on any atom is -0.478 e. The Hall–Kier alpha value is -2.68. The molecule has 1 N–H and O–H groups in total. The SMILES string of the molecule is CC(C)(C#N)Cn1ncc(Cc2ccc(C(=O)O)cc2)n1. The van der Waals surface area contributed by atoms with Gasteiger partial charge in [0, 0.05) is 6.42 Å². The van der Waals surface area contributed by atoms with Gasteiger partial charge in [-0.05, 0) is 31.5 Å². The second-order valence-electron chi connectivity index (χ2n) is 5.54.